The average Bonchev–Trinajstić information content (AvgIpc) is 2.92. The van der Waals surface area contributed by atoms with E-state index < -0.39 is 0 Å². The number of halogens is 2. The van der Waals surface area contributed by atoms with Gasteiger partial charge in [0.05, 0.1) is 24.0 Å². The Kier molecular flexibility index (Phi) is 3.96. The van der Waals surface area contributed by atoms with Crippen molar-refractivity contribution in [1.29, 1.82) is 0 Å². The summed E-state index contributed by atoms with van der Waals surface area (Å²) < 4.78 is 16.4. The minimum atomic E-state index is -0.256. The number of fused-ring (bicyclic) bond motifs is 1. The Balaban J connectivity index is 1.97. The fraction of sp³-hybridized carbons (Fsp3) is 0.143. The van der Waals surface area contributed by atoms with Crippen LogP contribution >= 0.6 is 15.9 Å². The molecule has 0 aliphatic heterocycles. The first-order chi connectivity index (χ1) is 10.2. The second-order valence-corrected chi connectivity index (χ2v) is 5.58. The first kappa shape index (κ1) is 14.1. The number of nitrogens with one attached hydrogen (secondary N) is 1. The van der Waals surface area contributed by atoms with Gasteiger partial charge in [-0.05, 0) is 30.2 Å². The summed E-state index contributed by atoms with van der Waals surface area (Å²) in [5.74, 6) is 5.39. The lowest BCUT2D eigenvalue weighted by Crippen LogP contribution is -2.29. The average molecular weight is 350 g/mol. The Morgan fingerprint density at radius 3 is 3.05 bits per heavy atom. The minimum Gasteiger partial charge on any atom is -0.271 e. The van der Waals surface area contributed by atoms with Gasteiger partial charge in [0.2, 0.25) is 0 Å². The van der Waals surface area contributed by atoms with Crippen molar-refractivity contribution in [3.8, 4) is 0 Å². The first-order valence-corrected chi connectivity index (χ1v) is 7.15. The molecule has 5 nitrogen and oxygen atoms in total. The summed E-state index contributed by atoms with van der Waals surface area (Å²) in [5, 5.41) is 4.25. The summed E-state index contributed by atoms with van der Waals surface area (Å²) in [6.45, 7) is 0. The molecule has 0 aliphatic carbocycles. The molecule has 1 aromatic carbocycles. The lowest BCUT2D eigenvalue weighted by molar-refractivity contribution is 0.531. The number of aromatic nitrogens is 3. The first-order valence-electron chi connectivity index (χ1n) is 6.36. The van der Waals surface area contributed by atoms with Crippen LogP contribution in [0.4, 0.5) is 4.39 Å². The highest BCUT2D eigenvalue weighted by Gasteiger charge is 2.17. The molecule has 3 rings (SSSR count). The van der Waals surface area contributed by atoms with Crippen LogP contribution in [0.3, 0.4) is 0 Å². The third-order valence-corrected chi connectivity index (χ3v) is 3.86. The van der Waals surface area contributed by atoms with Crippen LogP contribution in [0.2, 0.25) is 0 Å². The van der Waals surface area contributed by atoms with Gasteiger partial charge in [-0.1, -0.05) is 15.9 Å². The quantitative estimate of drug-likeness (QED) is 0.560. The largest absolute Gasteiger partial charge is 0.271 e. The fourth-order valence-corrected chi connectivity index (χ4v) is 2.71. The second-order valence-electron chi connectivity index (χ2n) is 4.67. The molecule has 108 valence electrons. The molecule has 0 saturated heterocycles. The molecule has 3 N–H and O–H groups in total. The summed E-state index contributed by atoms with van der Waals surface area (Å²) in [5.41, 5.74) is 5.03. The lowest BCUT2D eigenvalue weighted by Gasteiger charge is -2.15. The van der Waals surface area contributed by atoms with E-state index in [9.17, 15) is 4.39 Å². The van der Waals surface area contributed by atoms with Crippen LogP contribution in [0.25, 0.3) is 5.52 Å². The maximum Gasteiger partial charge on any atom is 0.126 e. The molecule has 0 saturated carbocycles. The Hall–Kier alpha value is -1.83. The summed E-state index contributed by atoms with van der Waals surface area (Å²) in [4.78, 5) is 4.09. The Morgan fingerprint density at radius 1 is 1.38 bits per heavy atom. The smallest absolute Gasteiger partial charge is 0.126 e. The molecule has 1 atom stereocenters. The zero-order chi connectivity index (χ0) is 14.8. The number of hydrazine groups is 1. The molecule has 21 heavy (non-hydrogen) atoms. The minimum absolute atomic E-state index is 0.254. The van der Waals surface area contributed by atoms with Gasteiger partial charge in [-0.2, -0.15) is 5.10 Å². The third kappa shape index (κ3) is 2.80. The van der Waals surface area contributed by atoms with E-state index in [1.54, 1.807) is 41.4 Å². The monoisotopic (exact) mass is 349 g/mol. The van der Waals surface area contributed by atoms with E-state index in [4.69, 9.17) is 5.84 Å². The molecule has 2 heterocycles. The molecule has 0 spiro atoms. The van der Waals surface area contributed by atoms with E-state index in [0.29, 0.717) is 12.0 Å². The van der Waals surface area contributed by atoms with Gasteiger partial charge >= 0.3 is 0 Å². The fourth-order valence-electron chi connectivity index (χ4n) is 2.30. The topological polar surface area (TPSA) is 68.2 Å². The van der Waals surface area contributed by atoms with E-state index >= 15 is 0 Å². The molecule has 3 aromatic rings. The van der Waals surface area contributed by atoms with E-state index in [1.165, 1.54) is 6.07 Å². The molecule has 0 bridgehead atoms. The zero-order valence-corrected chi connectivity index (χ0v) is 12.6. The van der Waals surface area contributed by atoms with Crippen LogP contribution in [0.1, 0.15) is 17.2 Å². The van der Waals surface area contributed by atoms with Crippen LogP contribution in [0, 0.1) is 5.82 Å². The van der Waals surface area contributed by atoms with Gasteiger partial charge in [0.25, 0.3) is 0 Å². The molecule has 0 fully saturated rings. The summed E-state index contributed by atoms with van der Waals surface area (Å²) in [7, 11) is 0. The summed E-state index contributed by atoms with van der Waals surface area (Å²) >= 11 is 3.35. The third-order valence-electron chi connectivity index (χ3n) is 3.36. The van der Waals surface area contributed by atoms with Crippen LogP contribution in [0.5, 0.6) is 0 Å². The number of nitrogens with two attached hydrogens (primary N) is 1. The highest BCUT2D eigenvalue weighted by molar-refractivity contribution is 9.10. The molecule has 0 aliphatic rings. The van der Waals surface area contributed by atoms with Crippen LogP contribution in [-0.2, 0) is 6.42 Å². The van der Waals surface area contributed by atoms with E-state index in [1.807, 2.05) is 0 Å². The Bertz CT molecular complexity index is 773. The van der Waals surface area contributed by atoms with Crippen molar-refractivity contribution >= 4 is 21.4 Å². The van der Waals surface area contributed by atoms with Crippen molar-refractivity contribution < 1.29 is 4.39 Å². The normalized spacial score (nSPS) is 12.7. The van der Waals surface area contributed by atoms with Crippen molar-refractivity contribution in [1.82, 2.24) is 20.0 Å². The SMILES string of the molecule is NNC(Cc1cc(Br)ccc1F)c1cnn2ccncc12. The van der Waals surface area contributed by atoms with Gasteiger partial charge in [0.1, 0.15) is 5.82 Å². The molecular formula is C14H13BrFN5. The van der Waals surface area contributed by atoms with E-state index in [2.05, 4.69) is 31.4 Å². The number of hydrogen-bond donors (Lipinski definition) is 2. The zero-order valence-electron chi connectivity index (χ0n) is 11.0. The van der Waals surface area contributed by atoms with Crippen molar-refractivity contribution in [2.24, 2.45) is 5.84 Å². The van der Waals surface area contributed by atoms with Gasteiger partial charge < -0.3 is 0 Å². The highest BCUT2D eigenvalue weighted by Crippen LogP contribution is 2.24. The second kappa shape index (κ2) is 5.88. The summed E-state index contributed by atoms with van der Waals surface area (Å²) in [6, 6.07) is 4.60. The van der Waals surface area contributed by atoms with E-state index in [0.717, 1.165) is 15.6 Å². The number of benzene rings is 1. The Labute approximate surface area is 129 Å². The summed E-state index contributed by atoms with van der Waals surface area (Å²) in [6.07, 6.45) is 7.26. The highest BCUT2D eigenvalue weighted by atomic mass is 79.9. The number of nitrogens with zero attached hydrogens (tertiary/aromatic N) is 3. The predicted molar refractivity (Wildman–Crippen MR) is 80.9 cm³/mol. The maximum atomic E-state index is 13.9. The van der Waals surface area contributed by atoms with Crippen LogP contribution in [-0.4, -0.2) is 14.6 Å². The predicted octanol–water partition coefficient (Wildman–Crippen LogP) is 2.38. The van der Waals surface area contributed by atoms with Gasteiger partial charge in [-0.25, -0.2) is 8.91 Å². The van der Waals surface area contributed by atoms with Gasteiger partial charge in [0, 0.05) is 22.4 Å². The molecule has 7 heteroatoms. The van der Waals surface area contributed by atoms with Gasteiger partial charge in [-0.15, -0.1) is 0 Å². The molecule has 2 aromatic heterocycles. The van der Waals surface area contributed by atoms with E-state index in [-0.39, 0.29) is 11.9 Å². The molecule has 0 radical (unpaired) electrons. The van der Waals surface area contributed by atoms with Gasteiger partial charge in [0.15, 0.2) is 0 Å². The standard InChI is InChI=1S/C14H13BrFN5/c15-10-1-2-12(16)9(5-10)6-13(20-17)11-7-19-21-4-3-18-8-14(11)21/h1-5,7-8,13,20H,6,17H2. The molecule has 0 amide bonds. The van der Waals surface area contributed by atoms with Crippen molar-refractivity contribution in [2.75, 3.05) is 0 Å². The number of rotatable bonds is 4. The van der Waals surface area contributed by atoms with Crippen LogP contribution < -0.4 is 11.3 Å². The van der Waals surface area contributed by atoms with Crippen molar-refractivity contribution in [3.05, 3.63) is 64.4 Å². The maximum absolute atomic E-state index is 13.9. The number of hydrogen-bond acceptors (Lipinski definition) is 4. The van der Waals surface area contributed by atoms with Crippen LogP contribution in [0.15, 0.2) is 47.5 Å². The molecule has 1 unspecified atom stereocenters. The molecular weight excluding hydrogens is 337 g/mol. The van der Waals surface area contributed by atoms with Crippen molar-refractivity contribution in [3.63, 3.8) is 0 Å². The lowest BCUT2D eigenvalue weighted by atomic mass is 10.0. The Morgan fingerprint density at radius 2 is 2.24 bits per heavy atom. The van der Waals surface area contributed by atoms with Crippen molar-refractivity contribution in [2.45, 2.75) is 12.5 Å². The van der Waals surface area contributed by atoms with Gasteiger partial charge in [-0.3, -0.25) is 16.3 Å².